The third-order valence-electron chi connectivity index (χ3n) is 4.97. The molecule has 3 aromatic rings. The van der Waals surface area contributed by atoms with Gasteiger partial charge in [-0.2, -0.15) is 0 Å². The van der Waals surface area contributed by atoms with Gasteiger partial charge in [-0.15, -0.1) is 0 Å². The second kappa shape index (κ2) is 9.94. The first-order valence-corrected chi connectivity index (χ1v) is 9.91. The number of carbonyl (C=O) groups is 1. The van der Waals surface area contributed by atoms with E-state index in [0.717, 1.165) is 11.1 Å². The van der Waals surface area contributed by atoms with Crippen LogP contribution < -0.4 is 20.1 Å². The second-order valence-corrected chi connectivity index (χ2v) is 7.23. The monoisotopic (exact) mass is 404 g/mol. The number of anilines is 1. The number of carbonyl (C=O) groups excluding carboxylic acids is 1. The van der Waals surface area contributed by atoms with Gasteiger partial charge in [-0.25, -0.2) is 0 Å². The number of hydrogen-bond donors (Lipinski definition) is 2. The summed E-state index contributed by atoms with van der Waals surface area (Å²) in [6.07, 6.45) is 0. The van der Waals surface area contributed by atoms with Crippen molar-refractivity contribution < 1.29 is 14.3 Å². The average molecular weight is 405 g/mol. The van der Waals surface area contributed by atoms with Crippen molar-refractivity contribution in [2.24, 2.45) is 0 Å². The van der Waals surface area contributed by atoms with E-state index < -0.39 is 6.04 Å². The van der Waals surface area contributed by atoms with Gasteiger partial charge in [-0.3, -0.25) is 10.1 Å². The first-order chi connectivity index (χ1) is 14.5. The largest absolute Gasteiger partial charge is 0.497 e. The molecule has 0 aliphatic carbocycles. The molecular weight excluding hydrogens is 376 g/mol. The molecule has 156 valence electrons. The number of amides is 1. The van der Waals surface area contributed by atoms with Crippen molar-refractivity contribution in [3.05, 3.63) is 89.5 Å². The van der Waals surface area contributed by atoms with E-state index in [2.05, 4.69) is 54.0 Å². The van der Waals surface area contributed by atoms with Gasteiger partial charge in [-0.1, -0.05) is 60.2 Å². The van der Waals surface area contributed by atoms with Gasteiger partial charge in [0, 0.05) is 23.9 Å². The van der Waals surface area contributed by atoms with Gasteiger partial charge in [0.05, 0.1) is 26.3 Å². The smallest absolute Gasteiger partial charge is 0.241 e. The minimum absolute atomic E-state index is 0.104. The highest BCUT2D eigenvalue weighted by Crippen LogP contribution is 2.26. The van der Waals surface area contributed by atoms with Gasteiger partial charge in [-0.05, 0) is 25.0 Å². The lowest BCUT2D eigenvalue weighted by Crippen LogP contribution is -2.40. The van der Waals surface area contributed by atoms with Crippen LogP contribution in [-0.2, 0) is 4.79 Å². The van der Waals surface area contributed by atoms with Crippen LogP contribution in [0.1, 0.15) is 29.7 Å². The molecule has 2 atom stereocenters. The first kappa shape index (κ1) is 21.4. The molecule has 30 heavy (non-hydrogen) atoms. The maximum atomic E-state index is 12.9. The Balaban J connectivity index is 1.79. The van der Waals surface area contributed by atoms with Crippen molar-refractivity contribution in [3.63, 3.8) is 0 Å². The minimum atomic E-state index is -0.436. The van der Waals surface area contributed by atoms with Crippen LogP contribution in [0.2, 0.25) is 0 Å². The predicted molar refractivity (Wildman–Crippen MR) is 120 cm³/mol. The maximum Gasteiger partial charge on any atom is 0.241 e. The fraction of sp³-hybridized carbons (Fsp3) is 0.240. The van der Waals surface area contributed by atoms with Crippen molar-refractivity contribution in [1.29, 1.82) is 0 Å². The fourth-order valence-corrected chi connectivity index (χ4v) is 3.25. The summed E-state index contributed by atoms with van der Waals surface area (Å²) in [6, 6.07) is 23.2. The molecule has 0 aliphatic heterocycles. The van der Waals surface area contributed by atoms with Crippen molar-refractivity contribution in [3.8, 4) is 11.5 Å². The second-order valence-electron chi connectivity index (χ2n) is 7.23. The van der Waals surface area contributed by atoms with Crippen LogP contribution in [0.5, 0.6) is 11.5 Å². The Bertz CT molecular complexity index is 949. The zero-order valence-corrected chi connectivity index (χ0v) is 17.8. The van der Waals surface area contributed by atoms with Crippen LogP contribution in [0.4, 0.5) is 5.69 Å². The fourth-order valence-electron chi connectivity index (χ4n) is 3.25. The average Bonchev–Trinajstić information content (AvgIpc) is 2.78. The third-order valence-corrected chi connectivity index (χ3v) is 4.97. The molecule has 5 heteroatoms. The van der Waals surface area contributed by atoms with Gasteiger partial charge < -0.3 is 14.8 Å². The Morgan fingerprint density at radius 3 is 1.97 bits per heavy atom. The van der Waals surface area contributed by atoms with E-state index >= 15 is 0 Å². The van der Waals surface area contributed by atoms with Crippen LogP contribution in [0.3, 0.4) is 0 Å². The highest BCUT2D eigenvalue weighted by atomic mass is 16.5. The van der Waals surface area contributed by atoms with E-state index in [4.69, 9.17) is 9.47 Å². The molecule has 3 aromatic carbocycles. The molecule has 2 N–H and O–H groups in total. The number of methoxy groups -OCH3 is 2. The lowest BCUT2D eigenvalue weighted by atomic mass is 9.97. The number of nitrogens with one attached hydrogen (secondary N) is 2. The lowest BCUT2D eigenvalue weighted by Gasteiger charge is -2.24. The summed E-state index contributed by atoms with van der Waals surface area (Å²) in [4.78, 5) is 12.9. The van der Waals surface area contributed by atoms with E-state index in [0.29, 0.717) is 17.2 Å². The third kappa shape index (κ3) is 5.39. The van der Waals surface area contributed by atoms with Crippen LogP contribution in [0.25, 0.3) is 0 Å². The normalized spacial score (nSPS) is 12.7. The van der Waals surface area contributed by atoms with E-state index in [9.17, 15) is 4.79 Å². The Morgan fingerprint density at radius 2 is 1.40 bits per heavy atom. The molecule has 0 saturated heterocycles. The molecule has 0 fully saturated rings. The van der Waals surface area contributed by atoms with Gasteiger partial charge in [0.25, 0.3) is 0 Å². The molecule has 0 radical (unpaired) electrons. The van der Waals surface area contributed by atoms with E-state index in [1.165, 1.54) is 5.56 Å². The van der Waals surface area contributed by atoms with E-state index in [1.807, 2.05) is 25.1 Å². The predicted octanol–water partition coefficient (Wildman–Crippen LogP) is 4.72. The minimum Gasteiger partial charge on any atom is -0.497 e. The molecule has 0 spiro atoms. The Morgan fingerprint density at radius 1 is 0.833 bits per heavy atom. The first-order valence-electron chi connectivity index (χ1n) is 9.91. The Labute approximate surface area is 178 Å². The van der Waals surface area contributed by atoms with Gasteiger partial charge in [0.1, 0.15) is 11.5 Å². The Hall–Kier alpha value is -3.31. The van der Waals surface area contributed by atoms with Crippen molar-refractivity contribution in [2.45, 2.75) is 25.9 Å². The molecule has 0 saturated carbocycles. The van der Waals surface area contributed by atoms with Crippen LogP contribution >= 0.6 is 0 Å². The maximum absolute atomic E-state index is 12.9. The molecule has 3 rings (SSSR count). The summed E-state index contributed by atoms with van der Waals surface area (Å²) in [5, 5.41) is 6.42. The van der Waals surface area contributed by atoms with E-state index in [-0.39, 0.29) is 11.9 Å². The zero-order chi connectivity index (χ0) is 21.5. The Kier molecular flexibility index (Phi) is 7.09. The summed E-state index contributed by atoms with van der Waals surface area (Å²) in [6.45, 7) is 3.92. The summed E-state index contributed by atoms with van der Waals surface area (Å²) >= 11 is 0. The lowest BCUT2D eigenvalue weighted by molar-refractivity contribution is -0.117. The van der Waals surface area contributed by atoms with Crippen LogP contribution in [-0.4, -0.2) is 26.2 Å². The SMILES string of the molecule is COc1cc(NC(=O)[C@H](C)N[C@@H](c2ccccc2)c2ccc(C)cc2)cc(OC)c1. The highest BCUT2D eigenvalue weighted by Gasteiger charge is 2.21. The van der Waals surface area contributed by atoms with Gasteiger partial charge in [0.15, 0.2) is 0 Å². The molecule has 0 aromatic heterocycles. The number of aryl methyl sites for hydroxylation is 1. The summed E-state index contributed by atoms with van der Waals surface area (Å²) in [7, 11) is 3.16. The molecule has 0 aliphatic rings. The summed E-state index contributed by atoms with van der Waals surface area (Å²) in [5.74, 6) is 1.09. The van der Waals surface area contributed by atoms with Crippen molar-refractivity contribution >= 4 is 11.6 Å². The zero-order valence-electron chi connectivity index (χ0n) is 17.8. The molecule has 5 nitrogen and oxygen atoms in total. The van der Waals surface area contributed by atoms with Crippen LogP contribution in [0, 0.1) is 6.92 Å². The highest BCUT2D eigenvalue weighted by molar-refractivity contribution is 5.95. The number of rotatable bonds is 8. The van der Waals surface area contributed by atoms with Crippen molar-refractivity contribution in [1.82, 2.24) is 5.32 Å². The molecular formula is C25H28N2O3. The molecule has 1 amide bonds. The quantitative estimate of drug-likeness (QED) is 0.570. The van der Waals surface area contributed by atoms with Crippen LogP contribution in [0.15, 0.2) is 72.8 Å². The summed E-state index contributed by atoms with van der Waals surface area (Å²) in [5.41, 5.74) is 4.03. The van der Waals surface area contributed by atoms with Crippen molar-refractivity contribution in [2.75, 3.05) is 19.5 Å². The number of benzene rings is 3. The standard InChI is InChI=1S/C25H28N2O3/c1-17-10-12-20(13-11-17)24(19-8-6-5-7-9-19)26-18(2)25(28)27-21-14-22(29-3)16-23(15-21)30-4/h5-16,18,24,26H,1-4H3,(H,27,28)/t18-,24-/m0/s1. The van der Waals surface area contributed by atoms with E-state index in [1.54, 1.807) is 32.4 Å². The molecule has 0 bridgehead atoms. The topological polar surface area (TPSA) is 59.6 Å². The number of hydrogen-bond acceptors (Lipinski definition) is 4. The summed E-state index contributed by atoms with van der Waals surface area (Å²) < 4.78 is 10.6. The molecule has 0 unspecified atom stereocenters. The number of ether oxygens (including phenoxy) is 2. The van der Waals surface area contributed by atoms with Gasteiger partial charge >= 0.3 is 0 Å². The molecule has 0 heterocycles. The van der Waals surface area contributed by atoms with Gasteiger partial charge in [0.2, 0.25) is 5.91 Å².